The van der Waals surface area contributed by atoms with Crippen LogP contribution < -0.4 is 5.32 Å². The summed E-state index contributed by atoms with van der Waals surface area (Å²) in [4.78, 5) is 0. The standard InChI is InChI=1S/C15H20F3NO/c1-14(2,20)9-19-13(10-6-7-10)11-4-3-5-12(8-11)15(16,17)18/h3-5,8,10,13,19-20H,6-7,9H2,1-2H3. The highest BCUT2D eigenvalue weighted by atomic mass is 19.4. The van der Waals surface area contributed by atoms with Crippen LogP contribution in [0.5, 0.6) is 0 Å². The summed E-state index contributed by atoms with van der Waals surface area (Å²) in [6.45, 7) is 3.70. The van der Waals surface area contributed by atoms with Gasteiger partial charge in [-0.2, -0.15) is 13.2 Å². The summed E-state index contributed by atoms with van der Waals surface area (Å²) < 4.78 is 38.3. The van der Waals surface area contributed by atoms with Crippen molar-refractivity contribution in [1.82, 2.24) is 5.32 Å². The molecule has 0 radical (unpaired) electrons. The lowest BCUT2D eigenvalue weighted by Crippen LogP contribution is -2.37. The van der Waals surface area contributed by atoms with Gasteiger partial charge in [0, 0.05) is 12.6 Å². The first-order chi connectivity index (χ1) is 9.17. The third kappa shape index (κ3) is 4.21. The van der Waals surface area contributed by atoms with Crippen LogP contribution >= 0.6 is 0 Å². The van der Waals surface area contributed by atoms with Crippen molar-refractivity contribution in [2.45, 2.75) is 44.5 Å². The molecular formula is C15H20F3NO. The van der Waals surface area contributed by atoms with E-state index >= 15 is 0 Å². The summed E-state index contributed by atoms with van der Waals surface area (Å²) in [7, 11) is 0. The van der Waals surface area contributed by atoms with Crippen molar-refractivity contribution in [3.63, 3.8) is 0 Å². The Hall–Kier alpha value is -1.07. The molecule has 0 spiro atoms. The maximum absolute atomic E-state index is 12.8. The quantitative estimate of drug-likeness (QED) is 0.868. The normalized spacial score (nSPS) is 18.1. The fourth-order valence-electron chi connectivity index (χ4n) is 2.25. The predicted molar refractivity (Wildman–Crippen MR) is 71.2 cm³/mol. The van der Waals surface area contributed by atoms with Crippen LogP contribution in [0, 0.1) is 5.92 Å². The molecular weight excluding hydrogens is 267 g/mol. The highest BCUT2D eigenvalue weighted by Gasteiger charge is 2.35. The molecule has 20 heavy (non-hydrogen) atoms. The maximum Gasteiger partial charge on any atom is 0.416 e. The van der Waals surface area contributed by atoms with Gasteiger partial charge in [0.1, 0.15) is 0 Å². The average molecular weight is 287 g/mol. The molecule has 2 N–H and O–H groups in total. The van der Waals surface area contributed by atoms with Crippen molar-refractivity contribution in [3.8, 4) is 0 Å². The predicted octanol–water partition coefficient (Wildman–Crippen LogP) is 3.52. The van der Waals surface area contributed by atoms with Crippen LogP contribution in [-0.2, 0) is 6.18 Å². The number of aliphatic hydroxyl groups is 1. The first-order valence-electron chi connectivity index (χ1n) is 6.80. The SMILES string of the molecule is CC(C)(O)CNC(c1cccc(C(F)(F)F)c1)C1CC1. The van der Waals surface area contributed by atoms with Crippen LogP contribution in [0.3, 0.4) is 0 Å². The van der Waals surface area contributed by atoms with Crippen molar-refractivity contribution in [2.24, 2.45) is 5.92 Å². The Labute approximate surface area is 117 Å². The third-order valence-electron chi connectivity index (χ3n) is 3.42. The Morgan fingerprint density at radius 3 is 2.45 bits per heavy atom. The molecule has 112 valence electrons. The van der Waals surface area contributed by atoms with Crippen molar-refractivity contribution < 1.29 is 18.3 Å². The molecule has 2 rings (SSSR count). The topological polar surface area (TPSA) is 32.3 Å². The van der Waals surface area contributed by atoms with Gasteiger partial charge in [0.25, 0.3) is 0 Å². The third-order valence-corrected chi connectivity index (χ3v) is 3.42. The van der Waals surface area contributed by atoms with E-state index in [1.54, 1.807) is 19.9 Å². The molecule has 0 amide bonds. The van der Waals surface area contributed by atoms with Gasteiger partial charge >= 0.3 is 6.18 Å². The lowest BCUT2D eigenvalue weighted by molar-refractivity contribution is -0.137. The van der Waals surface area contributed by atoms with E-state index in [1.165, 1.54) is 12.1 Å². The second-order valence-electron chi connectivity index (χ2n) is 6.13. The highest BCUT2D eigenvalue weighted by Crippen LogP contribution is 2.42. The molecule has 1 fully saturated rings. The maximum atomic E-state index is 12.8. The molecule has 2 nitrogen and oxygen atoms in total. The van der Waals surface area contributed by atoms with E-state index in [9.17, 15) is 18.3 Å². The minimum atomic E-state index is -4.32. The summed E-state index contributed by atoms with van der Waals surface area (Å²) in [5, 5.41) is 13.0. The molecule has 0 aliphatic heterocycles. The second-order valence-corrected chi connectivity index (χ2v) is 6.13. The molecule has 1 unspecified atom stereocenters. The summed E-state index contributed by atoms with van der Waals surface area (Å²) >= 11 is 0. The van der Waals surface area contributed by atoms with Gasteiger partial charge in [-0.25, -0.2) is 0 Å². The molecule has 1 aromatic carbocycles. The van der Waals surface area contributed by atoms with E-state index in [-0.39, 0.29) is 6.04 Å². The summed E-state index contributed by atoms with van der Waals surface area (Å²) in [5.41, 5.74) is -0.855. The van der Waals surface area contributed by atoms with E-state index in [0.717, 1.165) is 18.9 Å². The molecule has 0 saturated heterocycles. The number of halogens is 3. The molecule has 0 heterocycles. The van der Waals surface area contributed by atoms with E-state index in [0.29, 0.717) is 18.0 Å². The van der Waals surface area contributed by atoms with Crippen molar-refractivity contribution in [1.29, 1.82) is 0 Å². The Kier molecular flexibility index (Phi) is 4.12. The minimum Gasteiger partial charge on any atom is -0.389 e. The number of benzene rings is 1. The Morgan fingerprint density at radius 2 is 1.95 bits per heavy atom. The number of nitrogens with one attached hydrogen (secondary N) is 1. The van der Waals surface area contributed by atoms with Crippen LogP contribution in [0.2, 0.25) is 0 Å². The van der Waals surface area contributed by atoms with Crippen LogP contribution in [0.4, 0.5) is 13.2 Å². The lowest BCUT2D eigenvalue weighted by Gasteiger charge is -2.25. The molecule has 1 saturated carbocycles. The van der Waals surface area contributed by atoms with Crippen LogP contribution in [-0.4, -0.2) is 17.3 Å². The van der Waals surface area contributed by atoms with Gasteiger partial charge in [0.2, 0.25) is 0 Å². The molecule has 1 atom stereocenters. The Balaban J connectivity index is 2.17. The van der Waals surface area contributed by atoms with Crippen molar-refractivity contribution >= 4 is 0 Å². The zero-order chi connectivity index (χ0) is 15.0. The molecule has 1 aliphatic rings. The zero-order valence-electron chi connectivity index (χ0n) is 11.7. The second kappa shape index (κ2) is 5.37. The van der Waals surface area contributed by atoms with Gasteiger partial charge in [-0.15, -0.1) is 0 Å². The fraction of sp³-hybridized carbons (Fsp3) is 0.600. The summed E-state index contributed by atoms with van der Waals surface area (Å²) in [6, 6.07) is 5.34. The first kappa shape index (κ1) is 15.3. The number of hydrogen-bond donors (Lipinski definition) is 2. The zero-order valence-corrected chi connectivity index (χ0v) is 11.7. The van der Waals surface area contributed by atoms with Crippen molar-refractivity contribution in [2.75, 3.05) is 6.54 Å². The summed E-state index contributed by atoms with van der Waals surface area (Å²) in [6.07, 6.45) is -2.29. The average Bonchev–Trinajstić information content (AvgIpc) is 3.11. The number of alkyl halides is 3. The largest absolute Gasteiger partial charge is 0.416 e. The van der Waals surface area contributed by atoms with Gasteiger partial charge in [-0.3, -0.25) is 0 Å². The van der Waals surface area contributed by atoms with Crippen molar-refractivity contribution in [3.05, 3.63) is 35.4 Å². The molecule has 0 aromatic heterocycles. The van der Waals surface area contributed by atoms with E-state index < -0.39 is 17.3 Å². The molecule has 0 bridgehead atoms. The van der Waals surface area contributed by atoms with E-state index in [4.69, 9.17) is 0 Å². The smallest absolute Gasteiger partial charge is 0.389 e. The molecule has 1 aliphatic carbocycles. The molecule has 1 aromatic rings. The fourth-order valence-corrected chi connectivity index (χ4v) is 2.25. The number of hydrogen-bond acceptors (Lipinski definition) is 2. The lowest BCUT2D eigenvalue weighted by atomic mass is 9.99. The van der Waals surface area contributed by atoms with Gasteiger partial charge in [-0.05, 0) is 50.3 Å². The van der Waals surface area contributed by atoms with Gasteiger partial charge < -0.3 is 10.4 Å². The van der Waals surface area contributed by atoms with Crippen LogP contribution in [0.25, 0.3) is 0 Å². The van der Waals surface area contributed by atoms with Gasteiger partial charge in [0.05, 0.1) is 11.2 Å². The van der Waals surface area contributed by atoms with E-state index in [1.807, 2.05) is 0 Å². The molecule has 5 heteroatoms. The Morgan fingerprint density at radius 1 is 1.30 bits per heavy atom. The van der Waals surface area contributed by atoms with Gasteiger partial charge in [-0.1, -0.05) is 12.1 Å². The van der Waals surface area contributed by atoms with Crippen LogP contribution in [0.1, 0.15) is 43.9 Å². The Bertz CT molecular complexity index is 461. The first-order valence-corrected chi connectivity index (χ1v) is 6.80. The number of rotatable bonds is 5. The summed E-state index contributed by atoms with van der Waals surface area (Å²) in [5.74, 6) is 0.362. The minimum absolute atomic E-state index is 0.122. The van der Waals surface area contributed by atoms with E-state index in [2.05, 4.69) is 5.32 Å². The monoisotopic (exact) mass is 287 g/mol. The van der Waals surface area contributed by atoms with Gasteiger partial charge in [0.15, 0.2) is 0 Å². The van der Waals surface area contributed by atoms with Crippen LogP contribution in [0.15, 0.2) is 24.3 Å². The highest BCUT2D eigenvalue weighted by molar-refractivity contribution is 5.29.